The van der Waals surface area contributed by atoms with Crippen molar-refractivity contribution in [3.63, 3.8) is 0 Å². The van der Waals surface area contributed by atoms with E-state index in [1.54, 1.807) is 17.0 Å². The zero-order chi connectivity index (χ0) is 21.1. The molecule has 1 aliphatic rings. The maximum Gasteiger partial charge on any atom is 0.229 e. The van der Waals surface area contributed by atoms with E-state index < -0.39 is 5.92 Å². The second kappa shape index (κ2) is 8.43. The van der Waals surface area contributed by atoms with E-state index in [4.69, 9.17) is 14.2 Å². The minimum absolute atomic E-state index is 0.124. The minimum atomic E-state index is -0.444. The SMILES string of the molecule is COc1cc(N2CC(C(=O)Nc3c(C)cccc3C)CC2=O)cc(OC)c1OC. The van der Waals surface area contributed by atoms with Crippen LogP contribution in [0.4, 0.5) is 11.4 Å². The summed E-state index contributed by atoms with van der Waals surface area (Å²) in [5.41, 5.74) is 3.39. The van der Waals surface area contributed by atoms with Crippen LogP contribution in [0.25, 0.3) is 0 Å². The summed E-state index contributed by atoms with van der Waals surface area (Å²) in [5.74, 6) is 0.637. The topological polar surface area (TPSA) is 77.1 Å². The van der Waals surface area contributed by atoms with Crippen molar-refractivity contribution in [3.05, 3.63) is 41.5 Å². The van der Waals surface area contributed by atoms with Gasteiger partial charge in [-0.05, 0) is 25.0 Å². The maximum absolute atomic E-state index is 12.8. The number of para-hydroxylation sites is 1. The van der Waals surface area contributed by atoms with Gasteiger partial charge >= 0.3 is 0 Å². The van der Waals surface area contributed by atoms with Crippen molar-refractivity contribution in [2.45, 2.75) is 20.3 Å². The molecule has 1 N–H and O–H groups in total. The molecule has 29 heavy (non-hydrogen) atoms. The first-order chi connectivity index (χ1) is 13.9. The maximum atomic E-state index is 12.8. The summed E-state index contributed by atoms with van der Waals surface area (Å²) in [7, 11) is 4.57. The van der Waals surface area contributed by atoms with Crippen LogP contribution in [0.5, 0.6) is 17.2 Å². The molecule has 1 aliphatic heterocycles. The predicted molar refractivity (Wildman–Crippen MR) is 111 cm³/mol. The summed E-state index contributed by atoms with van der Waals surface area (Å²) in [6.07, 6.45) is 0.146. The van der Waals surface area contributed by atoms with E-state index in [0.717, 1.165) is 16.8 Å². The molecule has 1 unspecified atom stereocenters. The van der Waals surface area contributed by atoms with Gasteiger partial charge in [-0.3, -0.25) is 9.59 Å². The lowest BCUT2D eigenvalue weighted by Gasteiger charge is -2.20. The fourth-order valence-electron chi connectivity index (χ4n) is 3.59. The van der Waals surface area contributed by atoms with Gasteiger partial charge in [-0.1, -0.05) is 18.2 Å². The molecule has 1 saturated heterocycles. The molecule has 0 spiro atoms. The average molecular weight is 398 g/mol. The second-order valence-electron chi connectivity index (χ2n) is 7.04. The number of anilines is 2. The van der Waals surface area contributed by atoms with Gasteiger partial charge in [0.1, 0.15) is 0 Å². The molecule has 0 bridgehead atoms. The third-order valence-electron chi connectivity index (χ3n) is 5.19. The molecule has 7 heteroatoms. The highest BCUT2D eigenvalue weighted by atomic mass is 16.5. The highest BCUT2D eigenvalue weighted by molar-refractivity contribution is 6.04. The third-order valence-corrected chi connectivity index (χ3v) is 5.19. The van der Waals surface area contributed by atoms with Crippen molar-refractivity contribution in [3.8, 4) is 17.2 Å². The Kier molecular flexibility index (Phi) is 5.96. The van der Waals surface area contributed by atoms with Crippen molar-refractivity contribution >= 4 is 23.2 Å². The molecule has 154 valence electrons. The summed E-state index contributed by atoms with van der Waals surface area (Å²) >= 11 is 0. The van der Waals surface area contributed by atoms with Gasteiger partial charge in [0.25, 0.3) is 0 Å². The Morgan fingerprint density at radius 1 is 1.03 bits per heavy atom. The van der Waals surface area contributed by atoms with Crippen LogP contribution in [-0.2, 0) is 9.59 Å². The molecule has 2 amide bonds. The average Bonchev–Trinajstić information content (AvgIpc) is 3.11. The van der Waals surface area contributed by atoms with Crippen LogP contribution in [0.15, 0.2) is 30.3 Å². The summed E-state index contributed by atoms with van der Waals surface area (Å²) < 4.78 is 16.1. The molecule has 2 aromatic carbocycles. The molecule has 0 radical (unpaired) electrons. The van der Waals surface area contributed by atoms with Gasteiger partial charge in [-0.2, -0.15) is 0 Å². The molecule has 0 aliphatic carbocycles. The number of methoxy groups -OCH3 is 3. The van der Waals surface area contributed by atoms with Gasteiger partial charge in [0.15, 0.2) is 11.5 Å². The lowest BCUT2D eigenvalue weighted by atomic mass is 10.1. The Morgan fingerprint density at radius 2 is 1.62 bits per heavy atom. The number of rotatable bonds is 6. The second-order valence-corrected chi connectivity index (χ2v) is 7.04. The number of amides is 2. The number of aryl methyl sites for hydroxylation is 2. The third kappa shape index (κ3) is 3.99. The number of benzene rings is 2. The molecular formula is C22H26N2O5. The zero-order valence-electron chi connectivity index (χ0n) is 17.4. The van der Waals surface area contributed by atoms with E-state index in [-0.39, 0.29) is 24.8 Å². The van der Waals surface area contributed by atoms with Crippen LogP contribution in [0.3, 0.4) is 0 Å². The largest absolute Gasteiger partial charge is 0.493 e. The van der Waals surface area contributed by atoms with E-state index in [2.05, 4.69) is 5.32 Å². The van der Waals surface area contributed by atoms with Crippen LogP contribution >= 0.6 is 0 Å². The Bertz CT molecular complexity index is 896. The van der Waals surface area contributed by atoms with E-state index in [1.165, 1.54) is 21.3 Å². The van der Waals surface area contributed by atoms with Crippen LogP contribution in [-0.4, -0.2) is 39.7 Å². The van der Waals surface area contributed by atoms with E-state index in [1.807, 2.05) is 32.0 Å². The molecular weight excluding hydrogens is 372 g/mol. The Balaban J connectivity index is 1.82. The van der Waals surface area contributed by atoms with Crippen LogP contribution in [0.2, 0.25) is 0 Å². The molecule has 7 nitrogen and oxygen atoms in total. The van der Waals surface area contributed by atoms with Crippen molar-refractivity contribution in [1.29, 1.82) is 0 Å². The van der Waals surface area contributed by atoms with Crippen molar-refractivity contribution < 1.29 is 23.8 Å². The number of nitrogens with zero attached hydrogens (tertiary/aromatic N) is 1. The molecule has 3 rings (SSSR count). The van der Waals surface area contributed by atoms with Gasteiger partial charge < -0.3 is 24.4 Å². The van der Waals surface area contributed by atoms with Gasteiger partial charge in [0.05, 0.1) is 32.9 Å². The molecule has 2 aromatic rings. The van der Waals surface area contributed by atoms with Gasteiger partial charge in [-0.15, -0.1) is 0 Å². The lowest BCUT2D eigenvalue weighted by Crippen LogP contribution is -2.28. The fourth-order valence-corrected chi connectivity index (χ4v) is 3.59. The molecule has 0 aromatic heterocycles. The highest BCUT2D eigenvalue weighted by Gasteiger charge is 2.36. The lowest BCUT2D eigenvalue weighted by molar-refractivity contribution is -0.122. The predicted octanol–water partition coefficient (Wildman–Crippen LogP) is 3.32. The van der Waals surface area contributed by atoms with Crippen molar-refractivity contribution in [1.82, 2.24) is 0 Å². The van der Waals surface area contributed by atoms with Gasteiger partial charge in [-0.25, -0.2) is 0 Å². The molecule has 1 atom stereocenters. The van der Waals surface area contributed by atoms with Gasteiger partial charge in [0.2, 0.25) is 17.6 Å². The number of hydrogen-bond acceptors (Lipinski definition) is 5. The van der Waals surface area contributed by atoms with Crippen molar-refractivity contribution in [2.75, 3.05) is 38.1 Å². The normalized spacial score (nSPS) is 16.0. The first kappa shape index (κ1) is 20.5. The highest BCUT2D eigenvalue weighted by Crippen LogP contribution is 2.42. The standard InChI is InChI=1S/C22H26N2O5/c1-13-7-6-8-14(2)20(13)23-22(26)15-9-19(25)24(12-15)16-10-17(27-3)21(29-5)18(11-16)28-4/h6-8,10-11,15H,9,12H2,1-5H3,(H,23,26). The van der Waals surface area contributed by atoms with Crippen molar-refractivity contribution in [2.24, 2.45) is 5.92 Å². The number of carbonyl (C=O) groups is 2. The quantitative estimate of drug-likeness (QED) is 0.808. The van der Waals surface area contributed by atoms with E-state index in [0.29, 0.717) is 22.9 Å². The Morgan fingerprint density at radius 3 is 2.14 bits per heavy atom. The number of ether oxygens (including phenoxy) is 3. The summed E-state index contributed by atoms with van der Waals surface area (Å²) in [6.45, 7) is 4.18. The smallest absolute Gasteiger partial charge is 0.229 e. The Hall–Kier alpha value is -3.22. The van der Waals surface area contributed by atoms with E-state index >= 15 is 0 Å². The van der Waals surface area contributed by atoms with E-state index in [9.17, 15) is 9.59 Å². The molecule has 0 saturated carbocycles. The number of hydrogen-bond donors (Lipinski definition) is 1. The summed E-state index contributed by atoms with van der Waals surface area (Å²) in [4.78, 5) is 27.1. The molecule has 1 heterocycles. The van der Waals surface area contributed by atoms with Gasteiger partial charge in [0, 0.05) is 30.8 Å². The first-order valence-electron chi connectivity index (χ1n) is 9.37. The van der Waals surface area contributed by atoms with Crippen LogP contribution in [0.1, 0.15) is 17.5 Å². The van der Waals surface area contributed by atoms with Crippen LogP contribution < -0.4 is 24.4 Å². The number of nitrogens with one attached hydrogen (secondary N) is 1. The molecule has 1 fully saturated rings. The summed E-state index contributed by atoms with van der Waals surface area (Å²) in [6, 6.07) is 9.27. The van der Waals surface area contributed by atoms with Crippen LogP contribution in [0, 0.1) is 19.8 Å². The Labute approximate surface area is 170 Å². The monoisotopic (exact) mass is 398 g/mol. The number of carbonyl (C=O) groups excluding carboxylic acids is 2. The fraction of sp³-hybridized carbons (Fsp3) is 0.364. The minimum Gasteiger partial charge on any atom is -0.493 e. The summed E-state index contributed by atoms with van der Waals surface area (Å²) in [5, 5.41) is 2.99. The zero-order valence-corrected chi connectivity index (χ0v) is 17.4. The first-order valence-corrected chi connectivity index (χ1v) is 9.37.